The first-order chi connectivity index (χ1) is 13.8. The Bertz CT molecular complexity index is 996. The zero-order chi connectivity index (χ0) is 19.3. The number of nitrogens with zero attached hydrogens (tertiary/aromatic N) is 6. The molecule has 0 amide bonds. The molecule has 9 heteroatoms. The zero-order valence-corrected chi connectivity index (χ0v) is 17.0. The van der Waals surface area contributed by atoms with E-state index >= 15 is 0 Å². The van der Waals surface area contributed by atoms with Gasteiger partial charge in [0.15, 0.2) is 5.16 Å². The third kappa shape index (κ3) is 3.93. The molecule has 0 radical (unpaired) electrons. The van der Waals surface area contributed by atoms with Gasteiger partial charge in [0.1, 0.15) is 34.5 Å². The summed E-state index contributed by atoms with van der Waals surface area (Å²) in [5.41, 5.74) is 2.14. The standard InChI is InChI=1S/C19H18N6OS2/c1-26-18-17(25-7-3-2-4-8-25)16(14-6-5-9-27-14)23-19(24-18)28-15-10-13(11-20)21-12-22-15/h5-6,9-10,12H,2-4,7-8H2,1H3. The van der Waals surface area contributed by atoms with Crippen molar-refractivity contribution >= 4 is 28.8 Å². The van der Waals surface area contributed by atoms with Gasteiger partial charge in [-0.1, -0.05) is 6.07 Å². The van der Waals surface area contributed by atoms with Crippen molar-refractivity contribution in [2.24, 2.45) is 0 Å². The average molecular weight is 411 g/mol. The Morgan fingerprint density at radius 1 is 1.21 bits per heavy atom. The minimum Gasteiger partial charge on any atom is -0.479 e. The number of aromatic nitrogens is 4. The number of hydrogen-bond donors (Lipinski definition) is 0. The summed E-state index contributed by atoms with van der Waals surface area (Å²) in [6.45, 7) is 1.95. The van der Waals surface area contributed by atoms with Gasteiger partial charge in [-0.05, 0) is 42.5 Å². The number of nitriles is 1. The van der Waals surface area contributed by atoms with Crippen LogP contribution in [0.4, 0.5) is 5.69 Å². The molecular weight excluding hydrogens is 392 g/mol. The molecule has 0 spiro atoms. The predicted octanol–water partition coefficient (Wildman–Crippen LogP) is 4.02. The van der Waals surface area contributed by atoms with Gasteiger partial charge in [0.05, 0.1) is 12.0 Å². The first-order valence-corrected chi connectivity index (χ1v) is 10.6. The fourth-order valence-electron chi connectivity index (χ4n) is 3.14. The molecule has 0 N–H and O–H groups in total. The van der Waals surface area contributed by atoms with Crippen LogP contribution < -0.4 is 9.64 Å². The van der Waals surface area contributed by atoms with Gasteiger partial charge in [0.25, 0.3) is 0 Å². The molecule has 0 aromatic carbocycles. The molecule has 0 bridgehead atoms. The summed E-state index contributed by atoms with van der Waals surface area (Å²) in [6.07, 6.45) is 4.93. The minimum atomic E-state index is 0.313. The van der Waals surface area contributed by atoms with Crippen LogP contribution >= 0.6 is 23.1 Å². The van der Waals surface area contributed by atoms with E-state index in [1.165, 1.54) is 24.5 Å². The Morgan fingerprint density at radius 2 is 2.07 bits per heavy atom. The number of hydrogen-bond acceptors (Lipinski definition) is 9. The average Bonchev–Trinajstić information content (AvgIpc) is 3.28. The van der Waals surface area contributed by atoms with E-state index in [-0.39, 0.29) is 0 Å². The highest BCUT2D eigenvalue weighted by Gasteiger charge is 2.24. The zero-order valence-electron chi connectivity index (χ0n) is 15.3. The Labute approximate surface area is 171 Å². The summed E-state index contributed by atoms with van der Waals surface area (Å²) in [4.78, 5) is 21.0. The van der Waals surface area contributed by atoms with E-state index in [2.05, 4.69) is 25.9 Å². The summed E-state index contributed by atoms with van der Waals surface area (Å²) < 4.78 is 5.67. The largest absolute Gasteiger partial charge is 0.479 e. The van der Waals surface area contributed by atoms with Crippen molar-refractivity contribution in [1.29, 1.82) is 5.26 Å². The fourth-order valence-corrected chi connectivity index (χ4v) is 4.58. The van der Waals surface area contributed by atoms with Crippen molar-refractivity contribution in [3.63, 3.8) is 0 Å². The SMILES string of the molecule is COc1nc(Sc2cc(C#N)ncn2)nc(-c2cccs2)c1N1CCCCC1. The molecule has 7 nitrogen and oxygen atoms in total. The van der Waals surface area contributed by atoms with Gasteiger partial charge < -0.3 is 9.64 Å². The van der Waals surface area contributed by atoms with E-state index in [1.807, 2.05) is 17.5 Å². The minimum absolute atomic E-state index is 0.313. The highest BCUT2D eigenvalue weighted by Crippen LogP contribution is 2.41. The highest BCUT2D eigenvalue weighted by molar-refractivity contribution is 7.99. The Kier molecular flexibility index (Phi) is 5.69. The summed E-state index contributed by atoms with van der Waals surface area (Å²) in [6, 6.07) is 7.74. The summed E-state index contributed by atoms with van der Waals surface area (Å²) in [7, 11) is 1.64. The maximum atomic E-state index is 9.06. The van der Waals surface area contributed by atoms with Gasteiger partial charge >= 0.3 is 0 Å². The molecule has 0 aliphatic carbocycles. The lowest BCUT2D eigenvalue weighted by atomic mass is 10.1. The molecule has 0 atom stereocenters. The highest BCUT2D eigenvalue weighted by atomic mass is 32.2. The van der Waals surface area contributed by atoms with Crippen LogP contribution in [0.3, 0.4) is 0 Å². The second-order valence-corrected chi connectivity index (χ2v) is 8.13. The molecular formula is C19H18N6OS2. The van der Waals surface area contributed by atoms with Crippen molar-refractivity contribution in [2.45, 2.75) is 29.4 Å². The number of ether oxygens (including phenoxy) is 1. The molecule has 1 fully saturated rings. The second kappa shape index (κ2) is 8.54. The van der Waals surface area contributed by atoms with Gasteiger partial charge in [-0.15, -0.1) is 11.3 Å². The lowest BCUT2D eigenvalue weighted by Crippen LogP contribution is -2.30. The van der Waals surface area contributed by atoms with Crippen molar-refractivity contribution in [3.8, 4) is 22.5 Å². The van der Waals surface area contributed by atoms with Crippen LogP contribution in [0.5, 0.6) is 5.88 Å². The third-order valence-corrected chi connectivity index (χ3v) is 6.08. The molecule has 0 saturated carbocycles. The van der Waals surface area contributed by atoms with E-state index in [1.54, 1.807) is 24.5 Å². The van der Waals surface area contributed by atoms with Crippen molar-refractivity contribution in [1.82, 2.24) is 19.9 Å². The molecule has 1 aliphatic heterocycles. The molecule has 1 aliphatic rings. The molecule has 0 unspecified atom stereocenters. The smallest absolute Gasteiger partial charge is 0.242 e. The van der Waals surface area contributed by atoms with Gasteiger partial charge in [-0.3, -0.25) is 0 Å². The Balaban J connectivity index is 1.78. The lowest BCUT2D eigenvalue weighted by molar-refractivity contribution is 0.391. The van der Waals surface area contributed by atoms with Gasteiger partial charge in [0, 0.05) is 19.2 Å². The number of thiophene rings is 1. The van der Waals surface area contributed by atoms with Crippen LogP contribution in [0.1, 0.15) is 25.0 Å². The van der Waals surface area contributed by atoms with Crippen LogP contribution in [0.15, 0.2) is 40.1 Å². The van der Waals surface area contributed by atoms with E-state index < -0.39 is 0 Å². The molecule has 142 valence electrons. The summed E-state index contributed by atoms with van der Waals surface area (Å²) in [5.74, 6) is 0.567. The number of anilines is 1. The Hall–Kier alpha value is -2.70. The van der Waals surface area contributed by atoms with Crippen LogP contribution in [-0.2, 0) is 0 Å². The molecule has 3 aromatic rings. The predicted molar refractivity (Wildman–Crippen MR) is 109 cm³/mol. The summed E-state index contributed by atoms with van der Waals surface area (Å²) in [5, 5.41) is 12.2. The topological polar surface area (TPSA) is 87.8 Å². The third-order valence-electron chi connectivity index (χ3n) is 4.40. The van der Waals surface area contributed by atoms with E-state index in [0.29, 0.717) is 21.8 Å². The number of piperidine rings is 1. The number of methoxy groups -OCH3 is 1. The molecule has 4 heterocycles. The van der Waals surface area contributed by atoms with Crippen molar-refractivity contribution < 1.29 is 4.74 Å². The maximum Gasteiger partial charge on any atom is 0.242 e. The van der Waals surface area contributed by atoms with E-state index in [9.17, 15) is 0 Å². The van der Waals surface area contributed by atoms with Crippen LogP contribution in [0.2, 0.25) is 0 Å². The molecule has 1 saturated heterocycles. The quantitative estimate of drug-likeness (QED) is 0.460. The number of rotatable bonds is 5. The van der Waals surface area contributed by atoms with Gasteiger partial charge in [-0.25, -0.2) is 15.0 Å². The monoisotopic (exact) mass is 410 g/mol. The van der Waals surface area contributed by atoms with E-state index in [0.717, 1.165) is 42.2 Å². The van der Waals surface area contributed by atoms with E-state index in [4.69, 9.17) is 15.0 Å². The van der Waals surface area contributed by atoms with Crippen LogP contribution in [0, 0.1) is 11.3 Å². The van der Waals surface area contributed by atoms with Crippen molar-refractivity contribution in [3.05, 3.63) is 35.6 Å². The first-order valence-electron chi connectivity index (χ1n) is 8.93. The molecule has 28 heavy (non-hydrogen) atoms. The van der Waals surface area contributed by atoms with Crippen LogP contribution in [-0.4, -0.2) is 40.1 Å². The molecule has 4 rings (SSSR count). The van der Waals surface area contributed by atoms with Gasteiger partial charge in [0.2, 0.25) is 5.88 Å². The lowest BCUT2D eigenvalue weighted by Gasteiger charge is -2.30. The van der Waals surface area contributed by atoms with Gasteiger partial charge in [-0.2, -0.15) is 10.2 Å². The maximum absolute atomic E-state index is 9.06. The Morgan fingerprint density at radius 3 is 2.79 bits per heavy atom. The fraction of sp³-hybridized carbons (Fsp3) is 0.316. The first kappa shape index (κ1) is 18.7. The second-order valence-electron chi connectivity index (χ2n) is 6.19. The van der Waals surface area contributed by atoms with Crippen molar-refractivity contribution in [2.75, 3.05) is 25.1 Å². The summed E-state index contributed by atoms with van der Waals surface area (Å²) >= 11 is 2.94. The molecule has 3 aromatic heterocycles. The normalized spacial score (nSPS) is 13.9. The van der Waals surface area contributed by atoms with Crippen LogP contribution in [0.25, 0.3) is 10.6 Å².